The summed E-state index contributed by atoms with van der Waals surface area (Å²) >= 11 is 0. The fourth-order valence-corrected chi connectivity index (χ4v) is 2.68. The third-order valence-electron chi connectivity index (χ3n) is 4.06. The molecule has 0 spiro atoms. The van der Waals surface area contributed by atoms with E-state index in [2.05, 4.69) is 32.9 Å². The van der Waals surface area contributed by atoms with E-state index in [1.54, 1.807) is 0 Å². The first-order chi connectivity index (χ1) is 8.45. The van der Waals surface area contributed by atoms with Gasteiger partial charge in [-0.3, -0.25) is 0 Å². The summed E-state index contributed by atoms with van der Waals surface area (Å²) < 4.78 is 0. The topological polar surface area (TPSA) is 23.6 Å². The zero-order valence-corrected chi connectivity index (χ0v) is 11.9. The molecular weight excluding hydrogens is 224 g/mol. The number of aryl methyl sites for hydroxylation is 3. The molecule has 2 rings (SSSR count). The lowest BCUT2D eigenvalue weighted by Gasteiger charge is -2.21. The summed E-state index contributed by atoms with van der Waals surface area (Å²) in [6.45, 7) is 10.0. The second kappa shape index (κ2) is 4.63. The Morgan fingerprint density at radius 3 is 2.33 bits per heavy atom. The van der Waals surface area contributed by atoms with Gasteiger partial charge in [-0.05, 0) is 49.9 Å². The molecule has 0 saturated carbocycles. The highest BCUT2D eigenvalue weighted by Gasteiger charge is 2.35. The van der Waals surface area contributed by atoms with Crippen LogP contribution in [0.5, 0.6) is 0 Å². The molecule has 1 fully saturated rings. The second-order valence-electron chi connectivity index (χ2n) is 5.24. The lowest BCUT2D eigenvalue weighted by atomic mass is 9.95. The average molecular weight is 246 g/mol. The lowest BCUT2D eigenvalue weighted by molar-refractivity contribution is 0.197. The van der Waals surface area contributed by atoms with Crippen molar-refractivity contribution in [1.82, 2.24) is 9.80 Å². The smallest absolute Gasteiger partial charge is 0.320 e. The minimum absolute atomic E-state index is 0.139. The Morgan fingerprint density at radius 2 is 1.78 bits per heavy atom. The Bertz CT molecular complexity index is 482. The number of benzene rings is 1. The van der Waals surface area contributed by atoms with Crippen LogP contribution in [0.4, 0.5) is 4.79 Å². The third-order valence-corrected chi connectivity index (χ3v) is 4.06. The number of carbonyl (C=O) groups is 1. The van der Waals surface area contributed by atoms with Gasteiger partial charge in [0.15, 0.2) is 0 Å². The predicted octanol–water partition coefficient (Wildman–Crippen LogP) is 3.04. The van der Waals surface area contributed by atoms with E-state index in [4.69, 9.17) is 0 Å². The first-order valence-corrected chi connectivity index (χ1v) is 6.55. The van der Waals surface area contributed by atoms with Gasteiger partial charge >= 0.3 is 6.03 Å². The maximum Gasteiger partial charge on any atom is 0.320 e. The molecule has 0 bridgehead atoms. The van der Waals surface area contributed by atoms with Crippen molar-refractivity contribution in [3.63, 3.8) is 0 Å². The molecule has 1 aliphatic heterocycles. The molecule has 0 radical (unpaired) electrons. The van der Waals surface area contributed by atoms with Crippen molar-refractivity contribution in [2.45, 2.75) is 33.7 Å². The number of hydrogen-bond donors (Lipinski definition) is 0. The molecule has 98 valence electrons. The normalized spacial score (nSPS) is 19.8. The summed E-state index contributed by atoms with van der Waals surface area (Å²) in [7, 11) is 1.90. The van der Waals surface area contributed by atoms with Crippen molar-refractivity contribution in [1.29, 1.82) is 0 Å². The molecule has 1 aromatic rings. The Labute approximate surface area is 109 Å². The first kappa shape index (κ1) is 12.9. The van der Waals surface area contributed by atoms with Crippen LogP contribution in [0.1, 0.15) is 35.2 Å². The number of nitrogens with zero attached hydrogens (tertiary/aromatic N) is 2. The number of carbonyl (C=O) groups excluding carboxylic acids is 1. The van der Waals surface area contributed by atoms with Gasteiger partial charge in [0, 0.05) is 20.1 Å². The van der Waals surface area contributed by atoms with Crippen LogP contribution in [0.2, 0.25) is 0 Å². The summed E-state index contributed by atoms with van der Waals surface area (Å²) in [6.07, 6.45) is 0. The fraction of sp³-hybridized carbons (Fsp3) is 0.533. The van der Waals surface area contributed by atoms with Crippen molar-refractivity contribution < 1.29 is 4.79 Å². The van der Waals surface area contributed by atoms with E-state index in [1.807, 2.05) is 23.8 Å². The van der Waals surface area contributed by atoms with Gasteiger partial charge in [-0.1, -0.05) is 12.1 Å². The zero-order valence-electron chi connectivity index (χ0n) is 11.9. The summed E-state index contributed by atoms with van der Waals surface area (Å²) in [5.41, 5.74) is 5.17. The molecule has 2 amide bonds. The third kappa shape index (κ3) is 1.98. The van der Waals surface area contributed by atoms with Crippen LogP contribution in [-0.4, -0.2) is 36.0 Å². The van der Waals surface area contributed by atoms with E-state index in [0.717, 1.165) is 13.1 Å². The van der Waals surface area contributed by atoms with Gasteiger partial charge in [-0.2, -0.15) is 0 Å². The van der Waals surface area contributed by atoms with E-state index in [9.17, 15) is 4.79 Å². The summed E-state index contributed by atoms with van der Waals surface area (Å²) in [5.74, 6) is 0. The molecule has 1 unspecified atom stereocenters. The zero-order chi connectivity index (χ0) is 13.4. The van der Waals surface area contributed by atoms with Gasteiger partial charge in [0.1, 0.15) is 0 Å². The van der Waals surface area contributed by atoms with Crippen LogP contribution < -0.4 is 0 Å². The second-order valence-corrected chi connectivity index (χ2v) is 5.24. The number of likely N-dealkylation sites (N-methyl/N-ethyl adjacent to an activating group) is 2. The maximum atomic E-state index is 12.0. The Hall–Kier alpha value is -1.51. The van der Waals surface area contributed by atoms with Crippen LogP contribution in [0, 0.1) is 20.8 Å². The molecule has 3 nitrogen and oxygen atoms in total. The predicted molar refractivity (Wildman–Crippen MR) is 73.8 cm³/mol. The standard InChI is InChI=1S/C15H22N2O/c1-6-17-9-14(16(5)15(17)18)13-8-11(3)10(2)7-12(13)4/h7-8,14H,6,9H2,1-5H3. The molecule has 1 heterocycles. The molecule has 3 heteroatoms. The highest BCUT2D eigenvalue weighted by molar-refractivity contribution is 5.77. The van der Waals surface area contributed by atoms with E-state index in [-0.39, 0.29) is 12.1 Å². The van der Waals surface area contributed by atoms with Crippen LogP contribution in [0.15, 0.2) is 12.1 Å². The number of urea groups is 1. The van der Waals surface area contributed by atoms with Crippen LogP contribution >= 0.6 is 0 Å². The molecule has 0 N–H and O–H groups in total. The summed E-state index contributed by atoms with van der Waals surface area (Å²) in [4.78, 5) is 15.8. The SMILES string of the molecule is CCN1CC(c2cc(C)c(C)cc2C)N(C)C1=O. The summed E-state index contributed by atoms with van der Waals surface area (Å²) in [5, 5.41) is 0. The molecule has 0 aromatic heterocycles. The van der Waals surface area contributed by atoms with Gasteiger partial charge in [-0.15, -0.1) is 0 Å². The largest absolute Gasteiger partial charge is 0.323 e. The van der Waals surface area contributed by atoms with Crippen molar-refractivity contribution in [3.8, 4) is 0 Å². The Balaban J connectivity index is 2.38. The van der Waals surface area contributed by atoms with Crippen LogP contribution in [0.25, 0.3) is 0 Å². The minimum Gasteiger partial charge on any atom is -0.323 e. The van der Waals surface area contributed by atoms with Gasteiger partial charge in [0.2, 0.25) is 0 Å². The molecule has 18 heavy (non-hydrogen) atoms. The molecular formula is C15H22N2O. The van der Waals surface area contributed by atoms with Crippen molar-refractivity contribution >= 4 is 6.03 Å². The molecule has 1 aromatic carbocycles. The molecule has 0 aliphatic carbocycles. The average Bonchev–Trinajstić information content (AvgIpc) is 2.61. The highest BCUT2D eigenvalue weighted by Crippen LogP contribution is 2.31. The van der Waals surface area contributed by atoms with Gasteiger partial charge in [-0.25, -0.2) is 4.79 Å². The van der Waals surface area contributed by atoms with Crippen LogP contribution in [0.3, 0.4) is 0 Å². The van der Waals surface area contributed by atoms with E-state index in [1.165, 1.54) is 22.3 Å². The quantitative estimate of drug-likeness (QED) is 0.786. The van der Waals surface area contributed by atoms with Crippen LogP contribution in [-0.2, 0) is 0 Å². The number of rotatable bonds is 2. The number of hydrogen-bond acceptors (Lipinski definition) is 1. The Morgan fingerprint density at radius 1 is 1.17 bits per heavy atom. The number of amides is 2. The lowest BCUT2D eigenvalue weighted by Crippen LogP contribution is -2.29. The van der Waals surface area contributed by atoms with Gasteiger partial charge in [0.05, 0.1) is 6.04 Å². The maximum absolute atomic E-state index is 12.0. The van der Waals surface area contributed by atoms with E-state index < -0.39 is 0 Å². The fourth-order valence-electron chi connectivity index (χ4n) is 2.68. The van der Waals surface area contributed by atoms with Crippen molar-refractivity contribution in [3.05, 3.63) is 34.4 Å². The highest BCUT2D eigenvalue weighted by atomic mass is 16.2. The molecule has 1 atom stereocenters. The minimum atomic E-state index is 0.139. The van der Waals surface area contributed by atoms with E-state index >= 15 is 0 Å². The van der Waals surface area contributed by atoms with Gasteiger partial charge < -0.3 is 9.80 Å². The monoisotopic (exact) mass is 246 g/mol. The van der Waals surface area contributed by atoms with Crippen molar-refractivity contribution in [2.24, 2.45) is 0 Å². The first-order valence-electron chi connectivity index (χ1n) is 6.55. The molecule has 1 saturated heterocycles. The Kier molecular flexibility index (Phi) is 3.33. The van der Waals surface area contributed by atoms with Gasteiger partial charge in [0.25, 0.3) is 0 Å². The van der Waals surface area contributed by atoms with Crippen molar-refractivity contribution in [2.75, 3.05) is 20.1 Å². The molecule has 1 aliphatic rings. The van der Waals surface area contributed by atoms with E-state index in [0.29, 0.717) is 0 Å². The summed E-state index contributed by atoms with van der Waals surface area (Å²) in [6, 6.07) is 4.78.